The minimum absolute atomic E-state index is 0.107. The lowest BCUT2D eigenvalue weighted by Gasteiger charge is -2.18. The maximum atomic E-state index is 13.5. The number of nitrogens with one attached hydrogen (secondary N) is 1. The first-order valence-electron chi connectivity index (χ1n) is 10.2. The summed E-state index contributed by atoms with van der Waals surface area (Å²) in [4.78, 5) is 18.2. The molecule has 0 bridgehead atoms. The second-order valence-electron chi connectivity index (χ2n) is 7.37. The Morgan fingerprint density at radius 2 is 1.83 bits per heavy atom. The van der Waals surface area contributed by atoms with E-state index in [1.807, 2.05) is 49.4 Å². The summed E-state index contributed by atoms with van der Waals surface area (Å²) in [6, 6.07) is 17.0. The lowest BCUT2D eigenvalue weighted by Crippen LogP contribution is -2.28. The molecule has 0 fully saturated rings. The number of aryl methyl sites for hydroxylation is 2. The van der Waals surface area contributed by atoms with Crippen LogP contribution < -0.4 is 10.9 Å². The largest absolute Gasteiger partial charge is 0.507 e. The number of anilines is 1. The van der Waals surface area contributed by atoms with Crippen LogP contribution in [0.5, 0.6) is 5.75 Å². The van der Waals surface area contributed by atoms with Gasteiger partial charge in [-0.25, -0.2) is 4.98 Å². The molecule has 0 saturated heterocycles. The van der Waals surface area contributed by atoms with Crippen LogP contribution >= 0.6 is 0 Å². The molecule has 1 aliphatic carbocycles. The minimum atomic E-state index is -0.142. The van der Waals surface area contributed by atoms with E-state index in [4.69, 9.17) is 4.98 Å². The molecular weight excluding hydrogens is 374 g/mol. The Labute approximate surface area is 176 Å². The van der Waals surface area contributed by atoms with E-state index in [1.165, 1.54) is 0 Å². The molecule has 5 heteroatoms. The molecule has 0 atom stereocenters. The van der Waals surface area contributed by atoms with Gasteiger partial charge in [-0.15, -0.1) is 0 Å². The van der Waals surface area contributed by atoms with Crippen LogP contribution in [-0.4, -0.2) is 14.7 Å². The van der Waals surface area contributed by atoms with Crippen molar-refractivity contribution < 1.29 is 5.11 Å². The summed E-state index contributed by atoms with van der Waals surface area (Å²) in [6.07, 6.45) is 8.82. The number of hydrogen-bond donors (Lipinski definition) is 2. The fourth-order valence-electron chi connectivity index (χ4n) is 3.62. The topological polar surface area (TPSA) is 67.2 Å². The van der Waals surface area contributed by atoms with Gasteiger partial charge in [0.05, 0.1) is 11.3 Å². The molecule has 0 unspecified atom stereocenters. The van der Waals surface area contributed by atoms with Gasteiger partial charge >= 0.3 is 0 Å². The summed E-state index contributed by atoms with van der Waals surface area (Å²) in [7, 11) is 0. The fraction of sp³-hybridized carbons (Fsp3) is 0.200. The zero-order valence-corrected chi connectivity index (χ0v) is 17.0. The van der Waals surface area contributed by atoms with Gasteiger partial charge in [0, 0.05) is 12.2 Å². The number of para-hydroxylation sites is 1. The van der Waals surface area contributed by atoms with Crippen molar-refractivity contribution in [1.82, 2.24) is 9.55 Å². The molecule has 0 spiro atoms. The summed E-state index contributed by atoms with van der Waals surface area (Å²) in [5.74, 6) is 0.584. The predicted molar refractivity (Wildman–Crippen MR) is 121 cm³/mol. The Bertz CT molecular complexity index is 1160. The van der Waals surface area contributed by atoms with Crippen LogP contribution in [0.2, 0.25) is 0 Å². The SMILES string of the molecule is Cc1nc(-c2ccccc2O)n(CCc2ccccc2)c(=O)c1NC1=CCCC=C1. The van der Waals surface area contributed by atoms with Crippen molar-refractivity contribution >= 4 is 5.69 Å². The number of rotatable bonds is 6. The normalized spacial score (nSPS) is 13.2. The molecular formula is C25H25N3O2. The van der Waals surface area contributed by atoms with E-state index >= 15 is 0 Å². The number of phenolic OH excluding ortho intramolecular Hbond substituents is 1. The van der Waals surface area contributed by atoms with Crippen molar-refractivity contribution in [2.45, 2.75) is 32.7 Å². The molecule has 0 saturated carbocycles. The highest BCUT2D eigenvalue weighted by Gasteiger charge is 2.18. The van der Waals surface area contributed by atoms with E-state index in [0.717, 1.165) is 24.1 Å². The van der Waals surface area contributed by atoms with Gasteiger partial charge in [-0.1, -0.05) is 54.6 Å². The van der Waals surface area contributed by atoms with E-state index in [0.29, 0.717) is 35.7 Å². The molecule has 1 aromatic heterocycles. The zero-order valence-electron chi connectivity index (χ0n) is 17.0. The van der Waals surface area contributed by atoms with E-state index < -0.39 is 0 Å². The second-order valence-corrected chi connectivity index (χ2v) is 7.37. The van der Waals surface area contributed by atoms with Crippen LogP contribution in [0.25, 0.3) is 11.4 Å². The number of phenols is 1. The van der Waals surface area contributed by atoms with Gasteiger partial charge in [0.2, 0.25) is 0 Å². The van der Waals surface area contributed by atoms with Gasteiger partial charge in [0.25, 0.3) is 5.56 Å². The monoisotopic (exact) mass is 399 g/mol. The number of allylic oxidation sites excluding steroid dienone is 3. The maximum absolute atomic E-state index is 13.5. The van der Waals surface area contributed by atoms with Crippen molar-refractivity contribution in [2.24, 2.45) is 0 Å². The van der Waals surface area contributed by atoms with Crippen molar-refractivity contribution in [3.63, 3.8) is 0 Å². The van der Waals surface area contributed by atoms with Crippen LogP contribution in [0.15, 0.2) is 83.3 Å². The van der Waals surface area contributed by atoms with Gasteiger partial charge in [0.15, 0.2) is 0 Å². The Morgan fingerprint density at radius 1 is 1.07 bits per heavy atom. The lowest BCUT2D eigenvalue weighted by molar-refractivity contribution is 0.476. The van der Waals surface area contributed by atoms with E-state index in [2.05, 4.69) is 17.5 Å². The molecule has 3 aromatic rings. The molecule has 30 heavy (non-hydrogen) atoms. The first-order chi connectivity index (χ1) is 14.6. The Hall–Kier alpha value is -3.60. The van der Waals surface area contributed by atoms with Crippen LogP contribution in [-0.2, 0) is 13.0 Å². The maximum Gasteiger partial charge on any atom is 0.277 e. The minimum Gasteiger partial charge on any atom is -0.507 e. The summed E-state index contributed by atoms with van der Waals surface area (Å²) in [5.41, 5.74) is 3.54. The standard InChI is InChI=1S/C25H25N3O2/c1-18-23(27-20-12-6-3-7-13-20)25(30)28(17-16-19-10-4-2-5-11-19)24(26-18)21-14-8-9-15-22(21)29/h2,4-6,8-15,27,29H,3,7,16-17H2,1H3. The number of hydrogen-bond acceptors (Lipinski definition) is 4. The molecule has 4 rings (SSSR count). The number of aromatic hydroxyl groups is 1. The average Bonchev–Trinajstić information content (AvgIpc) is 2.77. The van der Waals surface area contributed by atoms with E-state index in [9.17, 15) is 9.90 Å². The predicted octanol–water partition coefficient (Wildman–Crippen LogP) is 4.81. The summed E-state index contributed by atoms with van der Waals surface area (Å²) < 4.78 is 1.66. The zero-order chi connectivity index (χ0) is 20.9. The number of nitrogens with zero attached hydrogens (tertiary/aromatic N) is 2. The van der Waals surface area contributed by atoms with Crippen molar-refractivity contribution in [2.75, 3.05) is 5.32 Å². The molecule has 0 amide bonds. The summed E-state index contributed by atoms with van der Waals surface area (Å²) >= 11 is 0. The molecule has 152 valence electrons. The van der Waals surface area contributed by atoms with Crippen LogP contribution in [0.3, 0.4) is 0 Å². The Morgan fingerprint density at radius 3 is 2.57 bits per heavy atom. The van der Waals surface area contributed by atoms with Crippen LogP contribution in [0.1, 0.15) is 24.1 Å². The quantitative estimate of drug-likeness (QED) is 0.624. The first kappa shape index (κ1) is 19.7. The van der Waals surface area contributed by atoms with Crippen molar-refractivity contribution in [3.05, 3.63) is 100 Å². The third-order valence-corrected chi connectivity index (χ3v) is 5.23. The average molecular weight is 399 g/mol. The molecule has 0 radical (unpaired) electrons. The molecule has 0 aliphatic heterocycles. The lowest BCUT2D eigenvalue weighted by atomic mass is 10.1. The highest BCUT2D eigenvalue weighted by Crippen LogP contribution is 2.28. The highest BCUT2D eigenvalue weighted by atomic mass is 16.3. The van der Waals surface area contributed by atoms with Crippen molar-refractivity contribution in [1.29, 1.82) is 0 Å². The third kappa shape index (κ3) is 4.20. The Balaban J connectivity index is 1.79. The van der Waals surface area contributed by atoms with E-state index in [-0.39, 0.29) is 11.3 Å². The van der Waals surface area contributed by atoms with Gasteiger partial charge in [-0.2, -0.15) is 0 Å². The second kappa shape index (κ2) is 8.82. The summed E-state index contributed by atoms with van der Waals surface area (Å²) in [5, 5.41) is 13.7. The highest BCUT2D eigenvalue weighted by molar-refractivity contribution is 5.66. The van der Waals surface area contributed by atoms with Gasteiger partial charge < -0.3 is 10.4 Å². The first-order valence-corrected chi connectivity index (χ1v) is 10.2. The van der Waals surface area contributed by atoms with Gasteiger partial charge in [-0.05, 0) is 50.0 Å². The van der Waals surface area contributed by atoms with Gasteiger partial charge in [0.1, 0.15) is 17.3 Å². The molecule has 2 N–H and O–H groups in total. The number of benzene rings is 2. The van der Waals surface area contributed by atoms with Crippen LogP contribution in [0.4, 0.5) is 5.69 Å². The molecule has 1 aliphatic rings. The van der Waals surface area contributed by atoms with Crippen LogP contribution in [0, 0.1) is 6.92 Å². The third-order valence-electron chi connectivity index (χ3n) is 5.23. The van der Waals surface area contributed by atoms with Gasteiger partial charge in [-0.3, -0.25) is 9.36 Å². The smallest absolute Gasteiger partial charge is 0.277 e. The van der Waals surface area contributed by atoms with E-state index in [1.54, 1.807) is 22.8 Å². The molecule has 5 nitrogen and oxygen atoms in total. The molecule has 2 aromatic carbocycles. The number of aromatic nitrogens is 2. The summed E-state index contributed by atoms with van der Waals surface area (Å²) in [6.45, 7) is 2.28. The fourth-order valence-corrected chi connectivity index (χ4v) is 3.62. The Kier molecular flexibility index (Phi) is 5.80. The molecule has 1 heterocycles. The van der Waals surface area contributed by atoms with Crippen molar-refractivity contribution in [3.8, 4) is 17.1 Å².